The lowest BCUT2D eigenvalue weighted by atomic mass is 9.72. The number of furan rings is 3. The van der Waals surface area contributed by atoms with Gasteiger partial charge in [-0.1, -0.05) is 157 Å². The molecule has 3 aliphatic rings. The van der Waals surface area contributed by atoms with Gasteiger partial charge in [-0.2, -0.15) is 0 Å². The van der Waals surface area contributed by atoms with Gasteiger partial charge < -0.3 is 18.2 Å². The Bertz CT molecular complexity index is 4590. The quantitative estimate of drug-likeness (QED) is 0.176. The van der Waals surface area contributed by atoms with Gasteiger partial charge in [-0.05, 0) is 140 Å². The Hall–Kier alpha value is -8.60. The maximum absolute atomic E-state index is 6.99. The van der Waals surface area contributed by atoms with Crippen LogP contribution >= 0.6 is 0 Å². The second-order valence-electron chi connectivity index (χ2n) is 22.3. The van der Waals surface area contributed by atoms with E-state index in [9.17, 15) is 0 Å². The van der Waals surface area contributed by atoms with Crippen molar-refractivity contribution in [1.29, 1.82) is 0 Å². The van der Waals surface area contributed by atoms with Crippen LogP contribution in [0.1, 0.15) is 74.9 Å². The predicted octanol–water partition coefficient (Wildman–Crippen LogP) is 19.4. The monoisotopic (exact) mass is 939 g/mol. The van der Waals surface area contributed by atoms with Gasteiger partial charge in [0.05, 0.1) is 0 Å². The van der Waals surface area contributed by atoms with Gasteiger partial charge in [0.25, 0.3) is 0 Å². The predicted molar refractivity (Wildman–Crippen MR) is 301 cm³/mol. The van der Waals surface area contributed by atoms with E-state index in [0.717, 1.165) is 83.2 Å². The molecule has 3 heterocycles. The molecule has 0 bridgehead atoms. The van der Waals surface area contributed by atoms with Gasteiger partial charge in [-0.3, -0.25) is 0 Å². The lowest BCUT2D eigenvalue weighted by Crippen LogP contribution is -2.24. The summed E-state index contributed by atoms with van der Waals surface area (Å²) in [6, 6.07) is 68.7. The van der Waals surface area contributed by atoms with Gasteiger partial charge in [-0.15, -0.1) is 0 Å². The van der Waals surface area contributed by atoms with E-state index in [-0.39, 0.29) is 16.2 Å². The third kappa shape index (κ3) is 5.20. The number of benzene rings is 10. The molecule has 0 aliphatic heterocycles. The first kappa shape index (κ1) is 41.1. The molecule has 0 radical (unpaired) electrons. The molecule has 4 nitrogen and oxygen atoms in total. The minimum atomic E-state index is -0.348. The lowest BCUT2D eigenvalue weighted by molar-refractivity contribution is 0.600. The maximum atomic E-state index is 6.99. The number of rotatable bonds is 4. The molecule has 10 aromatic carbocycles. The number of para-hydroxylation sites is 4. The van der Waals surface area contributed by atoms with Crippen LogP contribution < -0.4 is 4.90 Å². The number of fused-ring (bicyclic) bond motifs is 22. The van der Waals surface area contributed by atoms with Crippen LogP contribution in [0.25, 0.3) is 110 Å². The Labute approximate surface area is 422 Å². The number of hydrogen-bond acceptors (Lipinski definition) is 4. The summed E-state index contributed by atoms with van der Waals surface area (Å²) in [5.41, 5.74) is 25.7. The minimum Gasteiger partial charge on any atom is -0.456 e. The largest absolute Gasteiger partial charge is 0.456 e. The Morgan fingerprint density at radius 2 is 0.836 bits per heavy atom. The topological polar surface area (TPSA) is 42.7 Å². The van der Waals surface area contributed by atoms with Crippen LogP contribution in [0.5, 0.6) is 0 Å². The zero-order valence-corrected chi connectivity index (χ0v) is 41.6. The van der Waals surface area contributed by atoms with Crippen molar-refractivity contribution in [2.45, 2.75) is 57.8 Å². The van der Waals surface area contributed by atoms with Crippen molar-refractivity contribution in [2.24, 2.45) is 0 Å². The second kappa shape index (κ2) is 13.9. The fourth-order valence-corrected chi connectivity index (χ4v) is 14.0. The first-order chi connectivity index (χ1) is 35.5. The van der Waals surface area contributed by atoms with E-state index < -0.39 is 0 Å². The van der Waals surface area contributed by atoms with Crippen molar-refractivity contribution in [1.82, 2.24) is 0 Å². The molecule has 0 saturated heterocycles. The fourth-order valence-electron chi connectivity index (χ4n) is 14.0. The third-order valence-electron chi connectivity index (χ3n) is 17.4. The van der Waals surface area contributed by atoms with Gasteiger partial charge in [0.2, 0.25) is 0 Å². The third-order valence-corrected chi connectivity index (χ3v) is 17.4. The lowest BCUT2D eigenvalue weighted by Gasteiger charge is -2.32. The summed E-state index contributed by atoms with van der Waals surface area (Å²) < 4.78 is 20.4. The summed E-state index contributed by atoms with van der Waals surface area (Å²) in [5, 5.41) is 6.90. The van der Waals surface area contributed by atoms with Gasteiger partial charge in [0.1, 0.15) is 33.5 Å². The molecular weight excluding hydrogens is 891 g/mol. The van der Waals surface area contributed by atoms with Crippen LogP contribution in [0.2, 0.25) is 0 Å². The average molecular weight is 940 g/mol. The summed E-state index contributed by atoms with van der Waals surface area (Å²) in [5.74, 6) is 0. The van der Waals surface area contributed by atoms with Crippen molar-refractivity contribution in [3.63, 3.8) is 0 Å². The van der Waals surface area contributed by atoms with Crippen molar-refractivity contribution >= 4 is 82.9 Å². The molecule has 0 atom stereocenters. The summed E-state index contributed by atoms with van der Waals surface area (Å²) in [7, 11) is 0. The van der Waals surface area contributed by atoms with Crippen LogP contribution in [-0.4, -0.2) is 0 Å². The van der Waals surface area contributed by atoms with E-state index in [4.69, 9.17) is 13.3 Å². The molecule has 0 fully saturated rings. The zero-order valence-electron chi connectivity index (χ0n) is 41.6. The Balaban J connectivity index is 0.888. The highest BCUT2D eigenvalue weighted by Crippen LogP contribution is 2.64. The minimum absolute atomic E-state index is 0.229. The summed E-state index contributed by atoms with van der Waals surface area (Å²) >= 11 is 0. The molecular formula is C69H49NO3. The maximum Gasteiger partial charge on any atom is 0.144 e. The molecule has 0 unspecified atom stereocenters. The Kier molecular flexibility index (Phi) is 7.80. The van der Waals surface area contributed by atoms with Crippen molar-refractivity contribution in [3.8, 4) is 44.5 Å². The number of hydrogen-bond donors (Lipinski definition) is 0. The zero-order chi connectivity index (χ0) is 48.9. The van der Waals surface area contributed by atoms with E-state index in [1.54, 1.807) is 0 Å². The highest BCUT2D eigenvalue weighted by Gasteiger charge is 2.49. The molecule has 16 rings (SSSR count). The smallest absolute Gasteiger partial charge is 0.144 e. The molecule has 348 valence electrons. The van der Waals surface area contributed by atoms with Gasteiger partial charge in [0, 0.05) is 76.8 Å². The van der Waals surface area contributed by atoms with Crippen molar-refractivity contribution < 1.29 is 13.3 Å². The molecule has 4 heteroatoms. The van der Waals surface area contributed by atoms with E-state index >= 15 is 0 Å². The first-order valence-electron chi connectivity index (χ1n) is 25.7. The van der Waals surface area contributed by atoms with Gasteiger partial charge in [0.15, 0.2) is 0 Å². The average Bonchev–Trinajstić information content (AvgIpc) is 4.23. The highest BCUT2D eigenvalue weighted by molar-refractivity contribution is 6.22. The highest BCUT2D eigenvalue weighted by atomic mass is 16.3. The summed E-state index contributed by atoms with van der Waals surface area (Å²) in [4.78, 5) is 2.46. The van der Waals surface area contributed by atoms with Crippen LogP contribution in [0.4, 0.5) is 17.1 Å². The normalized spacial score (nSPS) is 15.3. The van der Waals surface area contributed by atoms with Crippen molar-refractivity contribution in [3.05, 3.63) is 221 Å². The molecule has 73 heavy (non-hydrogen) atoms. The van der Waals surface area contributed by atoms with Gasteiger partial charge >= 0.3 is 0 Å². The van der Waals surface area contributed by atoms with Crippen LogP contribution in [0.3, 0.4) is 0 Å². The molecule has 0 N–H and O–H groups in total. The molecule has 3 aliphatic carbocycles. The van der Waals surface area contributed by atoms with Crippen LogP contribution in [0.15, 0.2) is 201 Å². The van der Waals surface area contributed by atoms with E-state index in [1.165, 1.54) is 77.5 Å². The molecule has 0 amide bonds. The van der Waals surface area contributed by atoms with E-state index in [1.807, 2.05) is 12.1 Å². The molecule has 0 saturated carbocycles. The van der Waals surface area contributed by atoms with Gasteiger partial charge in [-0.25, -0.2) is 0 Å². The Morgan fingerprint density at radius 1 is 0.315 bits per heavy atom. The summed E-state index contributed by atoms with van der Waals surface area (Å²) in [6.45, 7) is 14.5. The molecule has 0 spiro atoms. The van der Waals surface area contributed by atoms with Crippen LogP contribution in [-0.2, 0) is 16.2 Å². The van der Waals surface area contributed by atoms with Crippen molar-refractivity contribution in [2.75, 3.05) is 4.90 Å². The van der Waals surface area contributed by atoms with Crippen LogP contribution in [0, 0.1) is 0 Å². The van der Waals surface area contributed by atoms with E-state index in [0.29, 0.717) is 0 Å². The standard InChI is InChI=1S/C69H49NO3/c1-67(2)51-35-40(29-32-45(51)58-53(67)37-49(65-60(58)47-22-12-16-26-55(47)72-65)38-28-31-43-42-20-11-15-25-54(42)71-57(43)34-38)70(39-18-8-7-9-19-39)41-30-33-46-52(36-41)69(5,6)63-59(46)61-48-23-13-17-27-56(48)73-66(61)62-44-21-10-14-24-50(44)68(3,4)64(62)63/h7-37H,1-6H3. The Morgan fingerprint density at radius 3 is 1.55 bits per heavy atom. The fraction of sp³-hybridized carbons (Fsp3) is 0.130. The number of anilines is 3. The second-order valence-corrected chi connectivity index (χ2v) is 22.3. The number of nitrogens with zero attached hydrogens (tertiary/aromatic N) is 1. The molecule has 3 aromatic heterocycles. The SMILES string of the molecule is CC1(C)c2cc(N(c3ccccc3)c3ccc4c(c3)C(C)(C)c3c5c(c6oc7ccccc7c6c3-4)-c3ccccc3C5(C)C)ccc2-c2c1cc(-c1ccc3c(c1)oc1ccccc13)c1oc3ccccc3c21. The van der Waals surface area contributed by atoms with E-state index in [2.05, 4.69) is 222 Å². The summed E-state index contributed by atoms with van der Waals surface area (Å²) in [6.07, 6.45) is 0. The first-order valence-corrected chi connectivity index (χ1v) is 25.7. The molecule has 13 aromatic rings.